The van der Waals surface area contributed by atoms with Crippen molar-refractivity contribution in [3.63, 3.8) is 0 Å². The van der Waals surface area contributed by atoms with Crippen LogP contribution in [0.15, 0.2) is 0 Å². The number of carbonyl (C=O) groups is 1. The zero-order valence-corrected chi connectivity index (χ0v) is 11.2. The molecule has 18 heavy (non-hydrogen) atoms. The fourth-order valence-electron chi connectivity index (χ4n) is 1.65. The quantitative estimate of drug-likeness (QED) is 0.374. The molecule has 0 saturated heterocycles. The van der Waals surface area contributed by atoms with Crippen LogP contribution in [-0.4, -0.2) is 36.0 Å². The van der Waals surface area contributed by atoms with Crippen molar-refractivity contribution in [3.8, 4) is 11.8 Å². The molecule has 104 valence electrons. The van der Waals surface area contributed by atoms with Crippen LogP contribution >= 0.6 is 0 Å². The first-order valence-corrected chi connectivity index (χ1v) is 6.54. The number of aliphatic hydroxyl groups is 2. The van der Waals surface area contributed by atoms with E-state index in [0.29, 0.717) is 12.8 Å². The summed E-state index contributed by atoms with van der Waals surface area (Å²) in [4.78, 5) is 10.8. The average Bonchev–Trinajstić information content (AvgIpc) is 2.38. The van der Waals surface area contributed by atoms with Crippen LogP contribution in [0.3, 0.4) is 0 Å². The molecular weight excluding hydrogens is 232 g/mol. The fraction of sp³-hybridized carbons (Fsp3) is 0.786. The van der Waals surface area contributed by atoms with Crippen LogP contribution in [0.25, 0.3) is 0 Å². The Kier molecular flexibility index (Phi) is 11.7. The van der Waals surface area contributed by atoms with Crippen molar-refractivity contribution in [1.82, 2.24) is 0 Å². The van der Waals surface area contributed by atoms with Crippen LogP contribution in [0.4, 0.5) is 0 Å². The molecule has 0 bridgehead atoms. The molecule has 4 nitrogen and oxygen atoms in total. The molecule has 1 atom stereocenters. The molecule has 0 fully saturated rings. The third-order valence-corrected chi connectivity index (χ3v) is 2.68. The predicted molar refractivity (Wildman–Crippen MR) is 69.8 cm³/mol. The van der Waals surface area contributed by atoms with E-state index in [9.17, 15) is 9.90 Å². The van der Waals surface area contributed by atoms with Crippen LogP contribution in [0.1, 0.15) is 51.4 Å². The predicted octanol–water partition coefficient (Wildman–Crippen LogP) is 1.64. The molecule has 0 radical (unpaired) electrons. The van der Waals surface area contributed by atoms with Crippen LogP contribution in [0.5, 0.6) is 0 Å². The monoisotopic (exact) mass is 256 g/mol. The van der Waals surface area contributed by atoms with E-state index in [1.807, 2.05) is 0 Å². The number of esters is 1. The molecule has 0 rings (SSSR count). The maximum Gasteiger partial charge on any atom is 0.305 e. The van der Waals surface area contributed by atoms with Crippen molar-refractivity contribution < 1.29 is 19.7 Å². The normalized spacial score (nSPS) is 11.5. The van der Waals surface area contributed by atoms with E-state index in [1.54, 1.807) is 0 Å². The van der Waals surface area contributed by atoms with E-state index in [2.05, 4.69) is 16.6 Å². The van der Waals surface area contributed by atoms with Gasteiger partial charge < -0.3 is 14.9 Å². The van der Waals surface area contributed by atoms with Gasteiger partial charge in [0.2, 0.25) is 0 Å². The summed E-state index contributed by atoms with van der Waals surface area (Å²) in [6, 6.07) is 0. The van der Waals surface area contributed by atoms with E-state index in [-0.39, 0.29) is 12.6 Å². The molecule has 0 aliphatic heterocycles. The first-order chi connectivity index (χ1) is 8.70. The number of hydrogen-bond acceptors (Lipinski definition) is 4. The second-order valence-electron chi connectivity index (χ2n) is 4.23. The fourth-order valence-corrected chi connectivity index (χ4v) is 1.65. The molecular formula is C14H24O4. The first-order valence-electron chi connectivity index (χ1n) is 6.54. The van der Waals surface area contributed by atoms with Gasteiger partial charge in [-0.25, -0.2) is 0 Å². The number of hydrogen-bond donors (Lipinski definition) is 2. The summed E-state index contributed by atoms with van der Waals surface area (Å²) in [5, 5.41) is 17.8. The molecule has 4 heteroatoms. The molecule has 0 spiro atoms. The minimum atomic E-state index is -0.614. The summed E-state index contributed by atoms with van der Waals surface area (Å²) >= 11 is 0. The van der Waals surface area contributed by atoms with Gasteiger partial charge in [0, 0.05) is 6.42 Å². The van der Waals surface area contributed by atoms with Crippen molar-refractivity contribution in [1.29, 1.82) is 0 Å². The maximum atomic E-state index is 10.8. The molecule has 0 amide bonds. The minimum Gasteiger partial charge on any atom is -0.469 e. The van der Waals surface area contributed by atoms with Crippen LogP contribution < -0.4 is 0 Å². The lowest BCUT2D eigenvalue weighted by atomic mass is 10.1. The second kappa shape index (κ2) is 12.4. The van der Waals surface area contributed by atoms with E-state index in [1.165, 1.54) is 7.11 Å². The zero-order valence-electron chi connectivity index (χ0n) is 11.2. The SMILES string of the molecule is COC(=O)CCCCCCCCC(O)C#CCO. The number of unbranched alkanes of at least 4 members (excludes halogenated alkanes) is 5. The summed E-state index contributed by atoms with van der Waals surface area (Å²) in [7, 11) is 1.41. The Hall–Kier alpha value is -1.05. The highest BCUT2D eigenvalue weighted by atomic mass is 16.5. The Morgan fingerprint density at radius 3 is 2.39 bits per heavy atom. The maximum absolute atomic E-state index is 10.8. The van der Waals surface area contributed by atoms with E-state index >= 15 is 0 Å². The summed E-state index contributed by atoms with van der Waals surface area (Å²) in [5.74, 6) is 4.87. The molecule has 2 N–H and O–H groups in total. The van der Waals surface area contributed by atoms with Crippen molar-refractivity contribution in [2.75, 3.05) is 13.7 Å². The topological polar surface area (TPSA) is 66.8 Å². The third-order valence-electron chi connectivity index (χ3n) is 2.68. The number of rotatable bonds is 9. The van der Waals surface area contributed by atoms with E-state index < -0.39 is 6.10 Å². The van der Waals surface area contributed by atoms with Gasteiger partial charge in [0.05, 0.1) is 7.11 Å². The molecule has 1 unspecified atom stereocenters. The van der Waals surface area contributed by atoms with Gasteiger partial charge in [-0.1, -0.05) is 37.5 Å². The van der Waals surface area contributed by atoms with Crippen molar-refractivity contribution >= 4 is 5.97 Å². The highest BCUT2D eigenvalue weighted by Gasteiger charge is 2.00. The average molecular weight is 256 g/mol. The van der Waals surface area contributed by atoms with E-state index in [4.69, 9.17) is 5.11 Å². The highest BCUT2D eigenvalue weighted by Crippen LogP contribution is 2.10. The Morgan fingerprint density at radius 1 is 1.17 bits per heavy atom. The van der Waals surface area contributed by atoms with Crippen LogP contribution in [0.2, 0.25) is 0 Å². The van der Waals surface area contributed by atoms with Gasteiger partial charge in [0.15, 0.2) is 0 Å². The summed E-state index contributed by atoms with van der Waals surface area (Å²) in [6.07, 6.45) is 6.71. The first kappa shape index (κ1) is 16.9. The lowest BCUT2D eigenvalue weighted by Crippen LogP contribution is -2.02. The lowest BCUT2D eigenvalue weighted by Gasteiger charge is -2.03. The number of methoxy groups -OCH3 is 1. The molecule has 0 heterocycles. The zero-order chi connectivity index (χ0) is 13.6. The summed E-state index contributed by atoms with van der Waals surface area (Å²) < 4.78 is 4.56. The minimum absolute atomic E-state index is 0.138. The number of aliphatic hydroxyl groups excluding tert-OH is 2. The molecule has 0 aliphatic rings. The van der Waals surface area contributed by atoms with Crippen molar-refractivity contribution in [2.45, 2.75) is 57.5 Å². The van der Waals surface area contributed by atoms with Gasteiger partial charge in [-0.2, -0.15) is 0 Å². The lowest BCUT2D eigenvalue weighted by molar-refractivity contribution is -0.140. The Bertz CT molecular complexity index is 265. The number of carbonyl (C=O) groups excluding carboxylic acids is 1. The smallest absolute Gasteiger partial charge is 0.305 e. The van der Waals surface area contributed by atoms with Gasteiger partial charge in [-0.05, 0) is 19.3 Å². The Morgan fingerprint density at radius 2 is 1.78 bits per heavy atom. The van der Waals surface area contributed by atoms with Crippen LogP contribution in [0, 0.1) is 11.8 Å². The standard InChI is InChI=1S/C14H24O4/c1-18-14(17)11-7-5-3-2-4-6-9-13(16)10-8-12-15/h13,15-16H,2-7,9,11-12H2,1H3. The molecule has 0 aromatic rings. The largest absolute Gasteiger partial charge is 0.469 e. The Balaban J connectivity index is 3.23. The van der Waals surface area contributed by atoms with Crippen LogP contribution in [-0.2, 0) is 9.53 Å². The molecule has 0 aromatic carbocycles. The number of ether oxygens (including phenoxy) is 1. The van der Waals surface area contributed by atoms with Gasteiger partial charge in [-0.3, -0.25) is 4.79 Å². The second-order valence-corrected chi connectivity index (χ2v) is 4.23. The third kappa shape index (κ3) is 11.4. The van der Waals surface area contributed by atoms with Gasteiger partial charge in [0.1, 0.15) is 12.7 Å². The Labute approximate surface area is 109 Å². The molecule has 0 aliphatic carbocycles. The van der Waals surface area contributed by atoms with Gasteiger partial charge in [0.25, 0.3) is 0 Å². The molecule has 0 saturated carbocycles. The highest BCUT2D eigenvalue weighted by molar-refractivity contribution is 5.68. The van der Waals surface area contributed by atoms with Crippen molar-refractivity contribution in [2.24, 2.45) is 0 Å². The molecule has 0 aromatic heterocycles. The van der Waals surface area contributed by atoms with E-state index in [0.717, 1.165) is 38.5 Å². The van der Waals surface area contributed by atoms with Gasteiger partial charge >= 0.3 is 5.97 Å². The summed E-state index contributed by atoms with van der Waals surface area (Å²) in [6.45, 7) is -0.197. The van der Waals surface area contributed by atoms with Gasteiger partial charge in [-0.15, -0.1) is 0 Å². The van der Waals surface area contributed by atoms with Crippen molar-refractivity contribution in [3.05, 3.63) is 0 Å². The summed E-state index contributed by atoms with van der Waals surface area (Å²) in [5.41, 5.74) is 0.